The molecule has 1 aliphatic heterocycles. The van der Waals surface area contributed by atoms with E-state index < -0.39 is 0 Å². The highest BCUT2D eigenvalue weighted by molar-refractivity contribution is 5.45. The minimum atomic E-state index is 0.536. The second-order valence-electron chi connectivity index (χ2n) is 4.94. The monoisotopic (exact) mass is 217 g/mol. The third-order valence-corrected chi connectivity index (χ3v) is 4.07. The summed E-state index contributed by atoms with van der Waals surface area (Å²) in [6.07, 6.45) is 5.53. The summed E-state index contributed by atoms with van der Waals surface area (Å²) in [6, 6.07) is 6.94. The van der Waals surface area contributed by atoms with E-state index >= 15 is 0 Å². The van der Waals surface area contributed by atoms with E-state index in [0.29, 0.717) is 6.04 Å². The maximum absolute atomic E-state index is 5.51. The molecule has 0 aromatic heterocycles. The van der Waals surface area contributed by atoms with Crippen molar-refractivity contribution < 1.29 is 4.74 Å². The lowest BCUT2D eigenvalue weighted by atomic mass is 9.91. The largest absolute Gasteiger partial charge is 0.496 e. The lowest BCUT2D eigenvalue weighted by Crippen LogP contribution is -2.20. The van der Waals surface area contributed by atoms with Crippen LogP contribution >= 0.6 is 0 Å². The van der Waals surface area contributed by atoms with Gasteiger partial charge in [0, 0.05) is 18.2 Å². The first-order valence-electron chi connectivity index (χ1n) is 6.29. The van der Waals surface area contributed by atoms with Crippen LogP contribution in [0.1, 0.15) is 42.9 Å². The molecule has 0 radical (unpaired) electrons. The Morgan fingerprint density at radius 3 is 2.81 bits per heavy atom. The van der Waals surface area contributed by atoms with E-state index in [0.717, 1.165) is 18.2 Å². The Bertz CT molecular complexity index is 382. The lowest BCUT2D eigenvalue weighted by Gasteiger charge is -2.21. The quantitative estimate of drug-likeness (QED) is 0.822. The molecule has 1 saturated carbocycles. The Morgan fingerprint density at radius 1 is 1.25 bits per heavy atom. The van der Waals surface area contributed by atoms with Gasteiger partial charge < -0.3 is 10.1 Å². The molecule has 0 saturated heterocycles. The first-order chi connectivity index (χ1) is 7.90. The molecule has 1 aromatic carbocycles. The van der Waals surface area contributed by atoms with Crippen molar-refractivity contribution >= 4 is 0 Å². The zero-order chi connectivity index (χ0) is 11.0. The van der Waals surface area contributed by atoms with Gasteiger partial charge in [-0.15, -0.1) is 0 Å². The van der Waals surface area contributed by atoms with Gasteiger partial charge in [-0.1, -0.05) is 25.0 Å². The standard InChI is InChI=1S/C14H19NO/c1-16-12-8-4-7-11-9-15-14(13(11)12)10-5-2-3-6-10/h4,7-8,10,14-15H,2-3,5-6,9H2,1H3. The molecule has 1 atom stereocenters. The Hall–Kier alpha value is -1.02. The first-order valence-corrected chi connectivity index (χ1v) is 6.29. The van der Waals surface area contributed by atoms with E-state index in [1.54, 1.807) is 7.11 Å². The number of benzene rings is 1. The molecule has 1 fully saturated rings. The number of fused-ring (bicyclic) bond motifs is 1. The molecule has 16 heavy (non-hydrogen) atoms. The van der Waals surface area contributed by atoms with E-state index in [4.69, 9.17) is 4.74 Å². The van der Waals surface area contributed by atoms with E-state index in [2.05, 4.69) is 23.5 Å². The summed E-state index contributed by atoms with van der Waals surface area (Å²) in [7, 11) is 1.78. The fourth-order valence-corrected chi connectivity index (χ4v) is 3.29. The van der Waals surface area contributed by atoms with Gasteiger partial charge in [-0.25, -0.2) is 0 Å². The molecule has 1 N–H and O–H groups in total. The van der Waals surface area contributed by atoms with Crippen molar-refractivity contribution in [1.82, 2.24) is 5.32 Å². The van der Waals surface area contributed by atoms with Gasteiger partial charge in [0.15, 0.2) is 0 Å². The second-order valence-corrected chi connectivity index (χ2v) is 4.94. The molecule has 1 aliphatic carbocycles. The molecule has 86 valence electrons. The second kappa shape index (κ2) is 4.10. The van der Waals surface area contributed by atoms with Crippen LogP contribution in [-0.4, -0.2) is 7.11 Å². The van der Waals surface area contributed by atoms with Crippen LogP contribution in [0.25, 0.3) is 0 Å². The van der Waals surface area contributed by atoms with Crippen molar-refractivity contribution in [1.29, 1.82) is 0 Å². The highest BCUT2D eigenvalue weighted by Crippen LogP contribution is 2.43. The zero-order valence-corrected chi connectivity index (χ0v) is 9.83. The maximum Gasteiger partial charge on any atom is 0.123 e. The number of hydrogen-bond donors (Lipinski definition) is 1. The highest BCUT2D eigenvalue weighted by atomic mass is 16.5. The molecule has 2 aliphatic rings. The third kappa shape index (κ3) is 1.52. The van der Waals surface area contributed by atoms with Crippen LogP contribution in [0.3, 0.4) is 0 Å². The van der Waals surface area contributed by atoms with Gasteiger partial charge in [-0.3, -0.25) is 0 Å². The fraction of sp³-hybridized carbons (Fsp3) is 0.571. The number of ether oxygens (including phenoxy) is 1. The molecule has 0 amide bonds. The van der Waals surface area contributed by atoms with Gasteiger partial charge in [0.2, 0.25) is 0 Å². The van der Waals surface area contributed by atoms with Gasteiger partial charge in [-0.2, -0.15) is 0 Å². The summed E-state index contributed by atoms with van der Waals surface area (Å²) >= 11 is 0. The van der Waals surface area contributed by atoms with Crippen molar-refractivity contribution in [2.24, 2.45) is 5.92 Å². The minimum absolute atomic E-state index is 0.536. The molecular weight excluding hydrogens is 198 g/mol. The number of nitrogens with one attached hydrogen (secondary N) is 1. The Balaban J connectivity index is 1.96. The van der Waals surface area contributed by atoms with E-state index in [9.17, 15) is 0 Å². The topological polar surface area (TPSA) is 21.3 Å². The maximum atomic E-state index is 5.51. The number of rotatable bonds is 2. The predicted octanol–water partition coefficient (Wildman–Crippen LogP) is 3.03. The van der Waals surface area contributed by atoms with Gasteiger partial charge in [0.05, 0.1) is 7.11 Å². The average molecular weight is 217 g/mol. The normalized spacial score (nSPS) is 24.7. The molecular formula is C14H19NO. The van der Waals surface area contributed by atoms with Crippen molar-refractivity contribution in [3.05, 3.63) is 29.3 Å². The van der Waals surface area contributed by atoms with Crippen molar-refractivity contribution in [2.75, 3.05) is 7.11 Å². The number of hydrogen-bond acceptors (Lipinski definition) is 2. The average Bonchev–Trinajstić information content (AvgIpc) is 2.96. The predicted molar refractivity (Wildman–Crippen MR) is 64.5 cm³/mol. The molecule has 2 heteroatoms. The Kier molecular flexibility index (Phi) is 2.60. The molecule has 3 rings (SSSR count). The minimum Gasteiger partial charge on any atom is -0.496 e. The van der Waals surface area contributed by atoms with Crippen LogP contribution in [0.4, 0.5) is 0 Å². The van der Waals surface area contributed by atoms with Crippen molar-refractivity contribution in [2.45, 2.75) is 38.3 Å². The van der Waals surface area contributed by atoms with Crippen LogP contribution < -0.4 is 10.1 Å². The van der Waals surface area contributed by atoms with Crippen molar-refractivity contribution in [3.8, 4) is 5.75 Å². The molecule has 1 heterocycles. The van der Waals surface area contributed by atoms with Gasteiger partial charge in [0.1, 0.15) is 5.75 Å². The summed E-state index contributed by atoms with van der Waals surface area (Å²) in [5.74, 6) is 1.89. The summed E-state index contributed by atoms with van der Waals surface area (Å²) in [6.45, 7) is 1.01. The molecule has 1 unspecified atom stereocenters. The third-order valence-electron chi connectivity index (χ3n) is 4.07. The summed E-state index contributed by atoms with van der Waals surface area (Å²) in [5.41, 5.74) is 2.85. The lowest BCUT2D eigenvalue weighted by molar-refractivity contribution is 0.364. The van der Waals surface area contributed by atoms with Gasteiger partial charge in [-0.05, 0) is 30.4 Å². The van der Waals surface area contributed by atoms with Crippen LogP contribution in [-0.2, 0) is 6.54 Å². The van der Waals surface area contributed by atoms with Crippen LogP contribution in [0.2, 0.25) is 0 Å². The summed E-state index contributed by atoms with van der Waals surface area (Å²) < 4.78 is 5.51. The highest BCUT2D eigenvalue weighted by Gasteiger charge is 2.33. The number of methoxy groups -OCH3 is 1. The summed E-state index contributed by atoms with van der Waals surface area (Å²) in [4.78, 5) is 0. The van der Waals surface area contributed by atoms with Gasteiger partial charge >= 0.3 is 0 Å². The fourth-order valence-electron chi connectivity index (χ4n) is 3.29. The summed E-state index contributed by atoms with van der Waals surface area (Å²) in [5, 5.41) is 3.66. The SMILES string of the molecule is COc1cccc2c1C(C1CCCC1)NC2. The Morgan fingerprint density at radius 2 is 2.06 bits per heavy atom. The molecule has 0 spiro atoms. The van der Waals surface area contributed by atoms with Crippen molar-refractivity contribution in [3.63, 3.8) is 0 Å². The Labute approximate surface area is 97.0 Å². The molecule has 2 nitrogen and oxygen atoms in total. The zero-order valence-electron chi connectivity index (χ0n) is 9.83. The van der Waals surface area contributed by atoms with Crippen LogP contribution in [0.5, 0.6) is 5.75 Å². The molecule has 0 bridgehead atoms. The van der Waals surface area contributed by atoms with Gasteiger partial charge in [0.25, 0.3) is 0 Å². The van der Waals surface area contributed by atoms with Crippen LogP contribution in [0.15, 0.2) is 18.2 Å². The van der Waals surface area contributed by atoms with Crippen LogP contribution in [0, 0.1) is 5.92 Å². The van der Waals surface area contributed by atoms with E-state index in [-0.39, 0.29) is 0 Å². The van der Waals surface area contributed by atoms with E-state index in [1.807, 2.05) is 0 Å². The van der Waals surface area contributed by atoms with E-state index in [1.165, 1.54) is 36.8 Å². The molecule has 1 aromatic rings. The smallest absolute Gasteiger partial charge is 0.123 e. The first kappa shape index (κ1) is 10.2.